The van der Waals surface area contributed by atoms with Crippen LogP contribution >= 0.6 is 0 Å². The summed E-state index contributed by atoms with van der Waals surface area (Å²) in [5.74, 6) is -2.07. The van der Waals surface area contributed by atoms with Crippen molar-refractivity contribution in [1.29, 1.82) is 0 Å². The second-order valence-electron chi connectivity index (χ2n) is 1.48. The summed E-state index contributed by atoms with van der Waals surface area (Å²) >= 11 is 0. The van der Waals surface area contributed by atoms with Crippen molar-refractivity contribution >= 4 is 11.9 Å². The van der Waals surface area contributed by atoms with E-state index in [9.17, 15) is 18.4 Å². The largest absolute Gasteiger partial charge is 0.431 e. The van der Waals surface area contributed by atoms with Crippen LogP contribution in [0.3, 0.4) is 0 Å². The van der Waals surface area contributed by atoms with Gasteiger partial charge in [-0.1, -0.05) is 0 Å². The molecule has 0 radical (unpaired) electrons. The van der Waals surface area contributed by atoms with Gasteiger partial charge < -0.3 is 9.47 Å². The molecule has 0 unspecified atom stereocenters. The van der Waals surface area contributed by atoms with E-state index in [0.717, 1.165) is 0 Å². The fraction of sp³-hybridized carbons (Fsp3) is 0.333. The van der Waals surface area contributed by atoms with Crippen molar-refractivity contribution in [2.24, 2.45) is 0 Å². The van der Waals surface area contributed by atoms with E-state index >= 15 is 0 Å². The average Bonchev–Trinajstić information content (AvgIpc) is 2.02. The Morgan fingerprint density at radius 1 is 1.00 bits per heavy atom. The van der Waals surface area contributed by atoms with Crippen molar-refractivity contribution in [3.63, 3.8) is 0 Å². The summed E-state index contributed by atoms with van der Waals surface area (Å²) in [6.07, 6.45) is 1.27. The highest BCUT2D eigenvalue weighted by Crippen LogP contribution is 1.85. The van der Waals surface area contributed by atoms with Crippen molar-refractivity contribution in [2.45, 2.75) is 0 Å². The molecule has 0 aliphatic rings. The summed E-state index contributed by atoms with van der Waals surface area (Å²) in [4.78, 5) is 20.6. The summed E-state index contributed by atoms with van der Waals surface area (Å²) in [7, 11) is 0. The van der Waals surface area contributed by atoms with Crippen LogP contribution in [-0.4, -0.2) is 25.7 Å². The van der Waals surface area contributed by atoms with Crippen molar-refractivity contribution in [1.82, 2.24) is 0 Å². The molecule has 68 valence electrons. The fourth-order valence-corrected chi connectivity index (χ4v) is 0.340. The van der Waals surface area contributed by atoms with Gasteiger partial charge in [0, 0.05) is 12.2 Å². The third-order valence-electron chi connectivity index (χ3n) is 0.749. The van der Waals surface area contributed by atoms with Crippen LogP contribution in [-0.2, 0) is 19.1 Å². The Morgan fingerprint density at radius 2 is 1.33 bits per heavy atom. The van der Waals surface area contributed by atoms with Crippen molar-refractivity contribution in [3.05, 3.63) is 12.2 Å². The molecule has 0 aromatic rings. The summed E-state index contributed by atoms with van der Waals surface area (Å²) in [6.45, 7) is -2.55. The van der Waals surface area contributed by atoms with Crippen molar-refractivity contribution in [3.8, 4) is 0 Å². The zero-order valence-corrected chi connectivity index (χ0v) is 5.96. The van der Waals surface area contributed by atoms with E-state index in [4.69, 9.17) is 0 Å². The van der Waals surface area contributed by atoms with Gasteiger partial charge in [0.25, 0.3) is 0 Å². The van der Waals surface area contributed by atoms with Crippen LogP contribution in [0.1, 0.15) is 0 Å². The number of esters is 2. The number of hydrogen-bond acceptors (Lipinski definition) is 4. The monoisotopic (exact) mass is 180 g/mol. The van der Waals surface area contributed by atoms with Crippen LogP contribution in [0.5, 0.6) is 0 Å². The van der Waals surface area contributed by atoms with E-state index < -0.39 is 25.7 Å². The highest BCUT2D eigenvalue weighted by atomic mass is 19.1. The van der Waals surface area contributed by atoms with Gasteiger partial charge in [0.15, 0.2) is 0 Å². The van der Waals surface area contributed by atoms with Crippen molar-refractivity contribution < 1.29 is 27.8 Å². The smallest absolute Gasteiger partial charge is 0.333 e. The van der Waals surface area contributed by atoms with Crippen LogP contribution in [0.4, 0.5) is 8.78 Å². The van der Waals surface area contributed by atoms with Gasteiger partial charge in [-0.2, -0.15) is 0 Å². The minimum atomic E-state index is -1.28. The number of alkyl halides is 2. The molecular weight excluding hydrogens is 174 g/mol. The Hall–Kier alpha value is -1.46. The van der Waals surface area contributed by atoms with E-state index in [0.29, 0.717) is 12.2 Å². The minimum absolute atomic E-state index is 0.636. The molecule has 4 nitrogen and oxygen atoms in total. The van der Waals surface area contributed by atoms with Crippen LogP contribution in [0, 0.1) is 0 Å². The first-order chi connectivity index (χ1) is 5.70. The third kappa shape index (κ3) is 5.33. The zero-order chi connectivity index (χ0) is 9.40. The van der Waals surface area contributed by atoms with Gasteiger partial charge in [0.2, 0.25) is 13.7 Å². The molecule has 6 heteroatoms. The summed E-state index contributed by atoms with van der Waals surface area (Å²) in [5, 5.41) is 0. The number of rotatable bonds is 4. The number of hydrogen-bond donors (Lipinski definition) is 0. The Kier molecular flexibility index (Phi) is 5.50. The van der Waals surface area contributed by atoms with E-state index in [1.54, 1.807) is 0 Å². The topological polar surface area (TPSA) is 52.6 Å². The first kappa shape index (κ1) is 10.5. The third-order valence-corrected chi connectivity index (χ3v) is 0.749. The van der Waals surface area contributed by atoms with Gasteiger partial charge in [-0.3, -0.25) is 0 Å². The zero-order valence-electron chi connectivity index (χ0n) is 5.96. The number of carbonyl (C=O) groups excluding carboxylic acids is 2. The molecule has 0 aliphatic carbocycles. The molecule has 0 aliphatic heterocycles. The lowest BCUT2D eigenvalue weighted by Gasteiger charge is -1.93. The molecule has 0 fully saturated rings. The predicted molar refractivity (Wildman–Crippen MR) is 33.3 cm³/mol. The molecule has 0 saturated heterocycles. The van der Waals surface area contributed by atoms with E-state index in [1.165, 1.54) is 0 Å². The molecular formula is C6H6F2O4. The van der Waals surface area contributed by atoms with E-state index in [2.05, 4.69) is 9.47 Å². The SMILES string of the molecule is O=C(/C=C/C(=O)OCF)OCF. The highest BCUT2D eigenvalue weighted by molar-refractivity contribution is 5.91. The second kappa shape index (κ2) is 6.26. The summed E-state index contributed by atoms with van der Waals surface area (Å²) in [6, 6.07) is 0. The van der Waals surface area contributed by atoms with Gasteiger partial charge in [-0.25, -0.2) is 18.4 Å². The molecule has 0 saturated carbocycles. The Morgan fingerprint density at radius 3 is 1.58 bits per heavy atom. The molecule has 0 amide bonds. The lowest BCUT2D eigenvalue weighted by atomic mass is 10.5. The summed E-state index contributed by atoms with van der Waals surface area (Å²) in [5.41, 5.74) is 0. The van der Waals surface area contributed by atoms with Crippen LogP contribution < -0.4 is 0 Å². The number of ether oxygens (including phenoxy) is 2. The lowest BCUT2D eigenvalue weighted by Crippen LogP contribution is -2.02. The molecule has 0 aromatic heterocycles. The van der Waals surface area contributed by atoms with Crippen LogP contribution in [0.15, 0.2) is 12.2 Å². The first-order valence-electron chi connectivity index (χ1n) is 2.84. The number of carbonyl (C=O) groups is 2. The van der Waals surface area contributed by atoms with Gasteiger partial charge in [0.1, 0.15) is 0 Å². The quantitative estimate of drug-likeness (QED) is 0.466. The summed E-state index contributed by atoms with van der Waals surface area (Å²) < 4.78 is 30.1. The normalized spacial score (nSPS) is 9.83. The maximum atomic E-state index is 11.3. The van der Waals surface area contributed by atoms with Gasteiger partial charge in [-0.15, -0.1) is 0 Å². The highest BCUT2D eigenvalue weighted by Gasteiger charge is 1.98. The molecule has 0 bridgehead atoms. The maximum absolute atomic E-state index is 11.3. The van der Waals surface area contributed by atoms with Crippen LogP contribution in [0.25, 0.3) is 0 Å². The standard InChI is InChI=1S/C6H6F2O4/c7-3-11-5(9)1-2-6(10)12-4-8/h1-2H,3-4H2/b2-1+. The fourth-order valence-electron chi connectivity index (χ4n) is 0.340. The van der Waals surface area contributed by atoms with Gasteiger partial charge in [0.05, 0.1) is 0 Å². The minimum Gasteiger partial charge on any atom is -0.431 e. The molecule has 0 aromatic carbocycles. The predicted octanol–water partition coefficient (Wildman–Crippen LogP) is 0.483. The molecule has 0 spiro atoms. The first-order valence-corrected chi connectivity index (χ1v) is 2.84. The Bertz CT molecular complexity index is 170. The Labute approximate surface area is 66.8 Å². The van der Waals surface area contributed by atoms with Crippen LogP contribution in [0.2, 0.25) is 0 Å². The maximum Gasteiger partial charge on any atom is 0.333 e. The van der Waals surface area contributed by atoms with Gasteiger partial charge >= 0.3 is 11.9 Å². The second-order valence-corrected chi connectivity index (χ2v) is 1.48. The molecule has 0 atom stereocenters. The molecule has 12 heavy (non-hydrogen) atoms. The van der Waals surface area contributed by atoms with Gasteiger partial charge in [-0.05, 0) is 0 Å². The Balaban J connectivity index is 3.73. The van der Waals surface area contributed by atoms with Crippen molar-refractivity contribution in [2.75, 3.05) is 13.7 Å². The lowest BCUT2D eigenvalue weighted by molar-refractivity contribution is -0.144. The molecule has 0 rings (SSSR count). The molecule has 0 N–H and O–H groups in total. The average molecular weight is 180 g/mol. The number of halogens is 2. The van der Waals surface area contributed by atoms with E-state index in [-0.39, 0.29) is 0 Å². The van der Waals surface area contributed by atoms with E-state index in [1.807, 2.05) is 0 Å². The molecule has 0 heterocycles.